The van der Waals surface area contributed by atoms with Gasteiger partial charge >= 0.3 is 0 Å². The van der Waals surface area contributed by atoms with E-state index in [1.54, 1.807) is 6.08 Å². The van der Waals surface area contributed by atoms with Crippen LogP contribution < -0.4 is 0 Å². The molecular weight excluding hydrogens is 256 g/mol. The fourth-order valence-corrected chi connectivity index (χ4v) is 2.38. The van der Waals surface area contributed by atoms with Gasteiger partial charge in [-0.15, -0.1) is 0 Å². The third kappa shape index (κ3) is 2.92. The van der Waals surface area contributed by atoms with Gasteiger partial charge in [0.15, 0.2) is 5.78 Å². The summed E-state index contributed by atoms with van der Waals surface area (Å²) in [6, 6.07) is 21.9. The zero-order valence-corrected chi connectivity index (χ0v) is 11.9. The molecule has 3 aromatic carbocycles. The molecule has 1 nitrogen and oxygen atoms in total. The molecule has 0 unspecified atom stereocenters. The van der Waals surface area contributed by atoms with E-state index in [9.17, 15) is 4.79 Å². The Labute approximate surface area is 124 Å². The van der Waals surface area contributed by atoms with Gasteiger partial charge in [0.05, 0.1) is 0 Å². The van der Waals surface area contributed by atoms with Crippen molar-refractivity contribution >= 4 is 22.6 Å². The summed E-state index contributed by atoms with van der Waals surface area (Å²) in [5.41, 5.74) is 3.00. The molecule has 0 aliphatic heterocycles. The molecule has 0 spiro atoms. The summed E-state index contributed by atoms with van der Waals surface area (Å²) < 4.78 is 0. The van der Waals surface area contributed by atoms with Crippen LogP contribution in [0.25, 0.3) is 16.8 Å². The van der Waals surface area contributed by atoms with Gasteiger partial charge in [-0.3, -0.25) is 4.79 Å². The first-order valence-electron chi connectivity index (χ1n) is 7.01. The summed E-state index contributed by atoms with van der Waals surface area (Å²) in [4.78, 5) is 12.4. The van der Waals surface area contributed by atoms with Crippen LogP contribution in [0.15, 0.2) is 72.8 Å². The highest BCUT2D eigenvalue weighted by molar-refractivity contribution is 6.14. The summed E-state index contributed by atoms with van der Waals surface area (Å²) in [6.07, 6.45) is 3.51. The van der Waals surface area contributed by atoms with Gasteiger partial charge in [-0.05, 0) is 29.3 Å². The van der Waals surface area contributed by atoms with E-state index < -0.39 is 0 Å². The van der Waals surface area contributed by atoms with E-state index in [0.717, 1.165) is 21.9 Å². The highest BCUT2D eigenvalue weighted by Gasteiger charge is 2.06. The quantitative estimate of drug-likeness (QED) is 0.482. The summed E-state index contributed by atoms with van der Waals surface area (Å²) in [5.74, 6) is 0.0346. The van der Waals surface area contributed by atoms with E-state index in [-0.39, 0.29) is 5.78 Å². The molecule has 1 heteroatoms. The average Bonchev–Trinajstić information content (AvgIpc) is 2.53. The standard InChI is InChI=1S/C20H16O/c1-15-9-11-16(12-10-15)13-14-20(21)19-8-4-6-17-5-2-3-7-18(17)19/h2-14H,1H3/b14-13+. The Morgan fingerprint density at radius 3 is 2.38 bits per heavy atom. The highest BCUT2D eigenvalue weighted by Crippen LogP contribution is 2.19. The number of hydrogen-bond donors (Lipinski definition) is 0. The van der Waals surface area contributed by atoms with E-state index in [4.69, 9.17) is 0 Å². The lowest BCUT2D eigenvalue weighted by Crippen LogP contribution is -1.95. The fraction of sp³-hybridized carbons (Fsp3) is 0.0500. The number of carbonyl (C=O) groups is 1. The van der Waals surface area contributed by atoms with Crippen molar-refractivity contribution in [1.29, 1.82) is 0 Å². The minimum absolute atomic E-state index is 0.0346. The van der Waals surface area contributed by atoms with Crippen LogP contribution >= 0.6 is 0 Å². The number of hydrogen-bond acceptors (Lipinski definition) is 1. The average molecular weight is 272 g/mol. The maximum absolute atomic E-state index is 12.4. The van der Waals surface area contributed by atoms with Crippen molar-refractivity contribution < 1.29 is 4.79 Å². The molecule has 102 valence electrons. The number of ketones is 1. The van der Waals surface area contributed by atoms with E-state index in [2.05, 4.69) is 6.92 Å². The number of rotatable bonds is 3. The molecule has 0 heterocycles. The van der Waals surface area contributed by atoms with Crippen molar-refractivity contribution in [2.24, 2.45) is 0 Å². The molecule has 0 atom stereocenters. The lowest BCUT2D eigenvalue weighted by Gasteiger charge is -2.03. The fourth-order valence-electron chi connectivity index (χ4n) is 2.38. The van der Waals surface area contributed by atoms with E-state index in [0.29, 0.717) is 0 Å². The first kappa shape index (κ1) is 13.3. The molecule has 3 rings (SSSR count). The third-order valence-corrected chi connectivity index (χ3v) is 3.56. The topological polar surface area (TPSA) is 17.1 Å². The lowest BCUT2D eigenvalue weighted by atomic mass is 10.0. The second-order valence-corrected chi connectivity index (χ2v) is 5.13. The van der Waals surface area contributed by atoms with Crippen LogP contribution in [0.3, 0.4) is 0 Å². The minimum Gasteiger partial charge on any atom is -0.289 e. The van der Waals surface area contributed by atoms with Crippen molar-refractivity contribution in [2.75, 3.05) is 0 Å². The zero-order chi connectivity index (χ0) is 14.7. The minimum atomic E-state index is 0.0346. The number of carbonyl (C=O) groups excluding carboxylic acids is 1. The van der Waals surface area contributed by atoms with Crippen molar-refractivity contribution in [3.05, 3.63) is 89.5 Å². The predicted molar refractivity (Wildman–Crippen MR) is 88.5 cm³/mol. The van der Waals surface area contributed by atoms with Crippen molar-refractivity contribution in [2.45, 2.75) is 6.92 Å². The van der Waals surface area contributed by atoms with Gasteiger partial charge in [-0.2, -0.15) is 0 Å². The zero-order valence-electron chi connectivity index (χ0n) is 11.9. The molecule has 21 heavy (non-hydrogen) atoms. The van der Waals surface area contributed by atoms with Gasteiger partial charge in [0, 0.05) is 5.56 Å². The molecule has 0 aromatic heterocycles. The SMILES string of the molecule is Cc1ccc(/C=C/C(=O)c2cccc3ccccc23)cc1. The van der Waals surface area contributed by atoms with E-state index >= 15 is 0 Å². The number of allylic oxidation sites excluding steroid dienone is 1. The molecule has 0 bridgehead atoms. The normalized spacial score (nSPS) is 11.1. The number of fused-ring (bicyclic) bond motifs is 1. The summed E-state index contributed by atoms with van der Waals surface area (Å²) in [5, 5.41) is 2.09. The molecule has 0 saturated heterocycles. The highest BCUT2D eigenvalue weighted by atomic mass is 16.1. The lowest BCUT2D eigenvalue weighted by molar-refractivity contribution is 0.104. The summed E-state index contributed by atoms with van der Waals surface area (Å²) >= 11 is 0. The largest absolute Gasteiger partial charge is 0.289 e. The maximum atomic E-state index is 12.4. The Bertz CT molecular complexity index is 805. The van der Waals surface area contributed by atoms with Crippen molar-refractivity contribution in [3.63, 3.8) is 0 Å². The smallest absolute Gasteiger partial charge is 0.186 e. The Morgan fingerprint density at radius 1 is 0.857 bits per heavy atom. The van der Waals surface area contributed by atoms with Gasteiger partial charge < -0.3 is 0 Å². The number of aryl methyl sites for hydroxylation is 1. The van der Waals surface area contributed by atoms with Crippen LogP contribution in [0.1, 0.15) is 21.5 Å². The van der Waals surface area contributed by atoms with Crippen LogP contribution in [0.5, 0.6) is 0 Å². The second kappa shape index (κ2) is 5.76. The Hall–Kier alpha value is -2.67. The van der Waals surface area contributed by atoms with Crippen LogP contribution in [-0.2, 0) is 0 Å². The maximum Gasteiger partial charge on any atom is 0.186 e. The Kier molecular flexibility index (Phi) is 3.65. The van der Waals surface area contributed by atoms with Crippen LogP contribution in [-0.4, -0.2) is 5.78 Å². The molecule has 0 fully saturated rings. The molecule has 0 amide bonds. The summed E-state index contributed by atoms with van der Waals surface area (Å²) in [6.45, 7) is 2.05. The third-order valence-electron chi connectivity index (χ3n) is 3.56. The molecule has 3 aromatic rings. The van der Waals surface area contributed by atoms with Crippen molar-refractivity contribution in [3.8, 4) is 0 Å². The van der Waals surface area contributed by atoms with E-state index in [1.807, 2.05) is 72.8 Å². The monoisotopic (exact) mass is 272 g/mol. The Balaban J connectivity index is 1.92. The first-order valence-corrected chi connectivity index (χ1v) is 7.01. The van der Waals surface area contributed by atoms with Gasteiger partial charge in [-0.1, -0.05) is 78.4 Å². The van der Waals surface area contributed by atoms with Crippen LogP contribution in [0.4, 0.5) is 0 Å². The van der Waals surface area contributed by atoms with Gasteiger partial charge in [0.2, 0.25) is 0 Å². The number of benzene rings is 3. The predicted octanol–water partition coefficient (Wildman–Crippen LogP) is 5.04. The van der Waals surface area contributed by atoms with E-state index in [1.165, 1.54) is 5.56 Å². The van der Waals surface area contributed by atoms with Gasteiger partial charge in [0.1, 0.15) is 0 Å². The van der Waals surface area contributed by atoms with Crippen LogP contribution in [0.2, 0.25) is 0 Å². The second-order valence-electron chi connectivity index (χ2n) is 5.13. The molecule has 0 saturated carbocycles. The van der Waals surface area contributed by atoms with Crippen molar-refractivity contribution in [1.82, 2.24) is 0 Å². The summed E-state index contributed by atoms with van der Waals surface area (Å²) in [7, 11) is 0. The molecule has 0 aliphatic rings. The molecule has 0 radical (unpaired) electrons. The Morgan fingerprint density at radius 2 is 1.57 bits per heavy atom. The van der Waals surface area contributed by atoms with Gasteiger partial charge in [-0.25, -0.2) is 0 Å². The van der Waals surface area contributed by atoms with Gasteiger partial charge in [0.25, 0.3) is 0 Å². The van der Waals surface area contributed by atoms with Crippen LogP contribution in [0, 0.1) is 6.92 Å². The molecule has 0 N–H and O–H groups in total. The molecule has 0 aliphatic carbocycles. The first-order chi connectivity index (χ1) is 10.2. The molecular formula is C20H16O.